The molecule has 0 spiro atoms. The monoisotopic (exact) mass is 468 g/mol. The Morgan fingerprint density at radius 3 is 2.66 bits per heavy atom. The number of aryl methyl sites for hydroxylation is 1. The number of rotatable bonds is 6. The number of morpholine rings is 1. The molecule has 5 rings (SSSR count). The third-order valence-electron chi connectivity index (χ3n) is 6.26. The number of pyridine rings is 2. The lowest BCUT2D eigenvalue weighted by atomic mass is 9.96. The third kappa shape index (κ3) is 4.79. The summed E-state index contributed by atoms with van der Waals surface area (Å²) in [5.74, 6) is 0.783. The molecule has 0 amide bonds. The molecular weight excluding hydrogens is 440 g/mol. The number of para-hydroxylation sites is 1. The molecule has 1 saturated heterocycles. The molecule has 3 aromatic heterocycles. The Bertz CT molecular complexity index is 1360. The molecule has 2 atom stereocenters. The average Bonchev–Trinajstić information content (AvgIpc) is 2.89. The fraction of sp³-hybridized carbons (Fsp3) is 0.259. The van der Waals surface area contributed by atoms with Gasteiger partial charge in [-0.3, -0.25) is 9.78 Å². The fourth-order valence-corrected chi connectivity index (χ4v) is 4.56. The van der Waals surface area contributed by atoms with Gasteiger partial charge >= 0.3 is 0 Å². The lowest BCUT2D eigenvalue weighted by Gasteiger charge is -2.43. The van der Waals surface area contributed by atoms with Gasteiger partial charge < -0.3 is 15.1 Å². The minimum atomic E-state index is -0.228. The Balaban J connectivity index is 1.46. The van der Waals surface area contributed by atoms with Gasteiger partial charge in [0.15, 0.2) is 0 Å². The molecule has 8 heteroatoms. The molecule has 0 saturated carbocycles. The van der Waals surface area contributed by atoms with Gasteiger partial charge in [-0.25, -0.2) is 14.6 Å². The standard InChI is InChI=1S/C27H28N6O2/c1-3-24-27(21-6-4-5-7-22(21)31-25-16-19(2)8-13-29-25)35-15-14-32(24)33-18-30-23(17-26(33)34)20-9-11-28-12-10-20/h4-13,16-18,24,27H,3,14-15H2,1-2H3,(H,29,31)/t24?,27-/m0/s1. The number of nitrogens with zero attached hydrogens (tertiary/aromatic N) is 5. The van der Waals surface area contributed by atoms with Crippen LogP contribution in [0.2, 0.25) is 0 Å². The van der Waals surface area contributed by atoms with Gasteiger partial charge in [0.05, 0.1) is 24.9 Å². The van der Waals surface area contributed by atoms with Crippen LogP contribution in [0.25, 0.3) is 11.3 Å². The summed E-state index contributed by atoms with van der Waals surface area (Å²) in [5, 5.41) is 5.52. The highest BCUT2D eigenvalue weighted by Crippen LogP contribution is 2.35. The lowest BCUT2D eigenvalue weighted by Crippen LogP contribution is -2.56. The van der Waals surface area contributed by atoms with E-state index in [1.54, 1.807) is 35.7 Å². The number of ether oxygens (including phenoxy) is 1. The van der Waals surface area contributed by atoms with E-state index >= 15 is 0 Å². The molecule has 1 aliphatic rings. The molecule has 1 aromatic carbocycles. The zero-order chi connectivity index (χ0) is 24.2. The van der Waals surface area contributed by atoms with E-state index in [2.05, 4.69) is 38.3 Å². The molecule has 1 unspecified atom stereocenters. The highest BCUT2D eigenvalue weighted by molar-refractivity contribution is 5.62. The molecule has 178 valence electrons. The fourth-order valence-electron chi connectivity index (χ4n) is 4.56. The summed E-state index contributed by atoms with van der Waals surface area (Å²) in [6.45, 7) is 5.25. The van der Waals surface area contributed by atoms with Gasteiger partial charge in [-0.2, -0.15) is 0 Å². The van der Waals surface area contributed by atoms with Crippen molar-refractivity contribution in [1.29, 1.82) is 0 Å². The van der Waals surface area contributed by atoms with E-state index in [0.717, 1.165) is 34.6 Å². The first kappa shape index (κ1) is 22.7. The maximum Gasteiger partial charge on any atom is 0.272 e. The van der Waals surface area contributed by atoms with Crippen LogP contribution < -0.4 is 15.9 Å². The SMILES string of the molecule is CCC1[C@H](c2ccccc2Nc2cc(C)ccn2)OCCN1n1cnc(-c2ccncc2)cc1=O. The van der Waals surface area contributed by atoms with E-state index in [-0.39, 0.29) is 17.7 Å². The van der Waals surface area contributed by atoms with Crippen LogP contribution in [0.4, 0.5) is 11.5 Å². The van der Waals surface area contributed by atoms with Crippen molar-refractivity contribution >= 4 is 11.5 Å². The van der Waals surface area contributed by atoms with Crippen molar-refractivity contribution in [1.82, 2.24) is 19.6 Å². The van der Waals surface area contributed by atoms with Gasteiger partial charge in [0.2, 0.25) is 0 Å². The molecular formula is C27H28N6O2. The molecule has 0 aliphatic carbocycles. The minimum Gasteiger partial charge on any atom is -0.369 e. The maximum absolute atomic E-state index is 13.2. The van der Waals surface area contributed by atoms with E-state index < -0.39 is 0 Å². The molecule has 4 heterocycles. The Kier molecular flexibility index (Phi) is 6.54. The average molecular weight is 469 g/mol. The van der Waals surface area contributed by atoms with Gasteiger partial charge in [-0.15, -0.1) is 0 Å². The van der Waals surface area contributed by atoms with Crippen molar-refractivity contribution in [3.05, 3.63) is 101 Å². The molecule has 1 fully saturated rings. The maximum atomic E-state index is 13.2. The molecule has 0 radical (unpaired) electrons. The van der Waals surface area contributed by atoms with Crippen molar-refractivity contribution < 1.29 is 4.74 Å². The molecule has 1 N–H and O–H groups in total. The van der Waals surface area contributed by atoms with Crippen molar-refractivity contribution in [3.63, 3.8) is 0 Å². The van der Waals surface area contributed by atoms with Gasteiger partial charge in [-0.05, 0) is 49.2 Å². The smallest absolute Gasteiger partial charge is 0.272 e. The molecule has 35 heavy (non-hydrogen) atoms. The lowest BCUT2D eigenvalue weighted by molar-refractivity contribution is -0.00243. The van der Waals surface area contributed by atoms with Gasteiger partial charge in [0.25, 0.3) is 5.56 Å². The summed E-state index contributed by atoms with van der Waals surface area (Å²) in [7, 11) is 0. The van der Waals surface area contributed by atoms with Gasteiger partial charge in [0, 0.05) is 41.5 Å². The predicted molar refractivity (Wildman–Crippen MR) is 136 cm³/mol. The summed E-state index contributed by atoms with van der Waals surface area (Å²) >= 11 is 0. The third-order valence-corrected chi connectivity index (χ3v) is 6.26. The largest absolute Gasteiger partial charge is 0.369 e. The first-order valence-electron chi connectivity index (χ1n) is 11.8. The van der Waals surface area contributed by atoms with E-state index in [4.69, 9.17) is 4.74 Å². The van der Waals surface area contributed by atoms with Crippen molar-refractivity contribution in [2.24, 2.45) is 0 Å². The Morgan fingerprint density at radius 2 is 1.89 bits per heavy atom. The molecule has 0 bridgehead atoms. The summed E-state index contributed by atoms with van der Waals surface area (Å²) in [6, 6.07) is 17.3. The normalized spacial score (nSPS) is 17.8. The predicted octanol–water partition coefficient (Wildman–Crippen LogP) is 4.24. The van der Waals surface area contributed by atoms with Crippen molar-refractivity contribution in [3.8, 4) is 11.3 Å². The van der Waals surface area contributed by atoms with Crippen LogP contribution in [0.15, 0.2) is 84.3 Å². The van der Waals surface area contributed by atoms with Crippen LogP contribution in [0.1, 0.15) is 30.6 Å². The van der Waals surface area contributed by atoms with Crippen LogP contribution in [0.3, 0.4) is 0 Å². The van der Waals surface area contributed by atoms with Crippen LogP contribution in [-0.4, -0.2) is 38.8 Å². The Hall–Kier alpha value is -4.04. The second kappa shape index (κ2) is 10.1. The summed E-state index contributed by atoms with van der Waals surface area (Å²) < 4.78 is 7.93. The first-order chi connectivity index (χ1) is 17.1. The first-order valence-corrected chi connectivity index (χ1v) is 11.8. The van der Waals surface area contributed by atoms with Gasteiger partial charge in [-0.1, -0.05) is 25.1 Å². The van der Waals surface area contributed by atoms with Gasteiger partial charge in [0.1, 0.15) is 18.2 Å². The quantitative estimate of drug-likeness (QED) is 0.453. The second-order valence-corrected chi connectivity index (χ2v) is 8.55. The molecule has 4 aromatic rings. The van der Waals surface area contributed by atoms with E-state index in [0.29, 0.717) is 18.8 Å². The van der Waals surface area contributed by atoms with Crippen molar-refractivity contribution in [2.45, 2.75) is 32.4 Å². The Morgan fingerprint density at radius 1 is 1.06 bits per heavy atom. The number of hydrogen-bond acceptors (Lipinski definition) is 7. The van der Waals surface area contributed by atoms with Crippen LogP contribution >= 0.6 is 0 Å². The minimum absolute atomic E-state index is 0.0524. The van der Waals surface area contributed by atoms with E-state index in [9.17, 15) is 4.79 Å². The highest BCUT2D eigenvalue weighted by atomic mass is 16.5. The van der Waals surface area contributed by atoms with Crippen molar-refractivity contribution in [2.75, 3.05) is 23.5 Å². The number of hydrogen-bond donors (Lipinski definition) is 1. The summed E-state index contributed by atoms with van der Waals surface area (Å²) in [6.07, 6.45) is 7.36. The summed E-state index contributed by atoms with van der Waals surface area (Å²) in [4.78, 5) is 26.2. The second-order valence-electron chi connectivity index (χ2n) is 8.55. The van der Waals surface area contributed by atoms with Crippen LogP contribution in [0, 0.1) is 6.92 Å². The highest BCUT2D eigenvalue weighted by Gasteiger charge is 2.34. The van der Waals surface area contributed by atoms with E-state index in [1.165, 1.54) is 0 Å². The Labute approximate surface area is 204 Å². The topological polar surface area (TPSA) is 85.2 Å². The van der Waals surface area contributed by atoms with Crippen LogP contribution in [-0.2, 0) is 4.74 Å². The molecule has 8 nitrogen and oxygen atoms in total. The molecule has 1 aliphatic heterocycles. The number of benzene rings is 1. The zero-order valence-electron chi connectivity index (χ0n) is 19.8. The summed E-state index contributed by atoms with van der Waals surface area (Å²) in [5.41, 5.74) is 4.47. The number of anilines is 2. The van der Waals surface area contributed by atoms with E-state index in [1.807, 2.05) is 49.4 Å². The van der Waals surface area contributed by atoms with Crippen LogP contribution in [0.5, 0.6) is 0 Å². The zero-order valence-corrected chi connectivity index (χ0v) is 19.8. The number of nitrogens with one attached hydrogen (secondary N) is 1. The number of aromatic nitrogens is 4.